The number of hydrogen-bond acceptors (Lipinski definition) is 8. The van der Waals surface area contributed by atoms with Gasteiger partial charge in [-0.25, -0.2) is 26.6 Å². The van der Waals surface area contributed by atoms with Gasteiger partial charge in [-0.3, -0.25) is 9.67 Å². The summed E-state index contributed by atoms with van der Waals surface area (Å²) in [7, 11) is -4.00. The van der Waals surface area contributed by atoms with E-state index >= 15 is 0 Å². The van der Waals surface area contributed by atoms with Crippen LogP contribution < -0.4 is 4.90 Å². The summed E-state index contributed by atoms with van der Waals surface area (Å²) in [6, 6.07) is 18.8. The molecule has 0 radical (unpaired) electrons. The molecule has 0 bridgehead atoms. The van der Waals surface area contributed by atoms with Gasteiger partial charge in [0.2, 0.25) is 0 Å². The number of anilines is 1. The van der Waals surface area contributed by atoms with Crippen LogP contribution in [0.5, 0.6) is 0 Å². The van der Waals surface area contributed by atoms with E-state index in [9.17, 15) is 17.6 Å². The van der Waals surface area contributed by atoms with Gasteiger partial charge in [0, 0.05) is 66.8 Å². The average molecular weight is 708 g/mol. The maximum Gasteiger partial charge on any atom is 0.410 e. The van der Waals surface area contributed by atoms with Crippen molar-refractivity contribution in [2.75, 3.05) is 31.1 Å². The number of aryl methyl sites for hydroxylation is 1. The molecule has 1 aliphatic heterocycles. The van der Waals surface area contributed by atoms with Gasteiger partial charge in [-0.1, -0.05) is 29.8 Å². The van der Waals surface area contributed by atoms with Crippen molar-refractivity contribution in [3.63, 3.8) is 0 Å². The highest BCUT2D eigenvalue weighted by molar-refractivity contribution is 7.90. The molecule has 51 heavy (non-hydrogen) atoms. The standard InChI is InChI=1S/C38H38FN7O4S/c1-26-8-11-32(12-9-26)51(48,49)46-25-34(29-21-42-45(24-29)23-27-6-5-7-30(39)18-27)33-19-28(20-41-36(33)46)35-13-10-31(22-40-35)43-14-16-44(17-15-43)37(47)50-38(2,3)4/h5-13,18-22,24-25H,14-17,23H2,1-4H3. The van der Waals surface area contributed by atoms with Crippen molar-refractivity contribution >= 4 is 32.8 Å². The summed E-state index contributed by atoms with van der Waals surface area (Å²) in [6.07, 6.45) is 8.17. The molecule has 6 aromatic rings. The molecule has 1 aliphatic rings. The number of piperazine rings is 1. The molecule has 1 fully saturated rings. The molecule has 2 aromatic carbocycles. The molecule has 262 valence electrons. The van der Waals surface area contributed by atoms with Crippen LogP contribution in [0.4, 0.5) is 14.9 Å². The van der Waals surface area contributed by atoms with Crippen molar-refractivity contribution in [3.05, 3.63) is 115 Å². The molecule has 13 heteroatoms. The lowest BCUT2D eigenvalue weighted by atomic mass is 10.1. The Hall–Kier alpha value is -5.56. The van der Waals surface area contributed by atoms with Crippen molar-refractivity contribution in [1.82, 2.24) is 28.6 Å². The normalized spacial score (nSPS) is 13.9. The lowest BCUT2D eigenvalue weighted by Gasteiger charge is -2.36. The third-order valence-corrected chi connectivity index (χ3v) is 10.4. The second-order valence-corrected chi connectivity index (χ2v) is 15.5. The fourth-order valence-corrected chi connectivity index (χ4v) is 7.41. The van der Waals surface area contributed by atoms with E-state index in [-0.39, 0.29) is 22.5 Å². The maximum absolute atomic E-state index is 14.0. The predicted molar refractivity (Wildman–Crippen MR) is 193 cm³/mol. The second kappa shape index (κ2) is 13.3. The van der Waals surface area contributed by atoms with Crippen molar-refractivity contribution in [2.24, 2.45) is 0 Å². The molecule has 0 N–H and O–H groups in total. The van der Waals surface area contributed by atoms with E-state index in [4.69, 9.17) is 9.72 Å². The molecule has 0 spiro atoms. The molecule has 1 saturated heterocycles. The summed E-state index contributed by atoms with van der Waals surface area (Å²) >= 11 is 0. The van der Waals surface area contributed by atoms with E-state index in [0.29, 0.717) is 60.5 Å². The Kier molecular flexibility index (Phi) is 8.84. The Labute approximate surface area is 296 Å². The fourth-order valence-electron chi connectivity index (χ4n) is 6.09. The Morgan fingerprint density at radius 2 is 1.65 bits per heavy atom. The first-order valence-electron chi connectivity index (χ1n) is 16.6. The van der Waals surface area contributed by atoms with E-state index in [1.54, 1.807) is 64.7 Å². The summed E-state index contributed by atoms with van der Waals surface area (Å²) in [5.74, 6) is -0.328. The summed E-state index contributed by atoms with van der Waals surface area (Å²) in [5, 5.41) is 5.11. The summed E-state index contributed by atoms with van der Waals surface area (Å²) in [5.41, 5.74) is 5.04. The van der Waals surface area contributed by atoms with Crippen LogP contribution in [0.2, 0.25) is 0 Å². The quantitative estimate of drug-likeness (QED) is 0.179. The number of ether oxygens (including phenoxy) is 1. The van der Waals surface area contributed by atoms with Gasteiger partial charge in [0.1, 0.15) is 11.4 Å². The minimum Gasteiger partial charge on any atom is -0.444 e. The topological polar surface area (TPSA) is 115 Å². The van der Waals surface area contributed by atoms with Crippen LogP contribution in [0.3, 0.4) is 0 Å². The largest absolute Gasteiger partial charge is 0.444 e. The van der Waals surface area contributed by atoms with Gasteiger partial charge >= 0.3 is 6.09 Å². The van der Waals surface area contributed by atoms with Gasteiger partial charge in [-0.2, -0.15) is 5.10 Å². The molecule has 11 nitrogen and oxygen atoms in total. The number of benzene rings is 2. The van der Waals surface area contributed by atoms with Gasteiger partial charge in [-0.05, 0) is 75.7 Å². The van der Waals surface area contributed by atoms with Crippen molar-refractivity contribution in [2.45, 2.75) is 44.7 Å². The fraction of sp³-hybridized carbons (Fsp3) is 0.263. The van der Waals surface area contributed by atoms with Gasteiger partial charge in [0.05, 0.1) is 35.2 Å². The van der Waals surface area contributed by atoms with Gasteiger partial charge in [-0.15, -0.1) is 0 Å². The molecule has 0 aliphatic carbocycles. The summed E-state index contributed by atoms with van der Waals surface area (Å²) in [6.45, 7) is 10.2. The van der Waals surface area contributed by atoms with E-state index in [1.165, 1.54) is 16.1 Å². The van der Waals surface area contributed by atoms with Crippen LogP contribution >= 0.6 is 0 Å². The number of rotatable bonds is 7. The number of carbonyl (C=O) groups is 1. The first-order valence-corrected chi connectivity index (χ1v) is 18.1. The smallest absolute Gasteiger partial charge is 0.410 e. The minimum absolute atomic E-state index is 0.147. The molecule has 0 unspecified atom stereocenters. The monoisotopic (exact) mass is 707 g/mol. The zero-order valence-corrected chi connectivity index (χ0v) is 29.6. The van der Waals surface area contributed by atoms with Crippen molar-refractivity contribution in [1.29, 1.82) is 0 Å². The maximum atomic E-state index is 14.0. The van der Waals surface area contributed by atoms with Crippen molar-refractivity contribution in [3.8, 4) is 22.4 Å². The molecule has 0 saturated carbocycles. The average Bonchev–Trinajstić information content (AvgIpc) is 3.72. The number of aromatic nitrogens is 5. The highest BCUT2D eigenvalue weighted by Crippen LogP contribution is 2.35. The molecule has 0 atom stereocenters. The molecule has 1 amide bonds. The summed E-state index contributed by atoms with van der Waals surface area (Å²) < 4.78 is 50.2. The number of hydrogen-bond donors (Lipinski definition) is 0. The van der Waals surface area contributed by atoms with Crippen LogP contribution in [0, 0.1) is 12.7 Å². The Morgan fingerprint density at radius 1 is 0.882 bits per heavy atom. The highest BCUT2D eigenvalue weighted by atomic mass is 32.2. The molecule has 5 heterocycles. The van der Waals surface area contributed by atoms with Gasteiger partial charge in [0.25, 0.3) is 10.0 Å². The number of pyridine rings is 2. The van der Waals surface area contributed by atoms with Crippen LogP contribution in [0.15, 0.2) is 103 Å². The number of halogens is 1. The van der Waals surface area contributed by atoms with Gasteiger partial charge in [0.15, 0.2) is 5.65 Å². The predicted octanol–water partition coefficient (Wildman–Crippen LogP) is 6.75. The van der Waals surface area contributed by atoms with Crippen LogP contribution in [-0.4, -0.2) is 74.9 Å². The number of amides is 1. The van der Waals surface area contributed by atoms with Crippen LogP contribution in [0.25, 0.3) is 33.4 Å². The first kappa shape index (κ1) is 33.9. The Balaban J connectivity index is 1.20. The van der Waals surface area contributed by atoms with E-state index in [0.717, 1.165) is 16.8 Å². The number of carbonyl (C=O) groups excluding carboxylic acids is 1. The minimum atomic E-state index is -4.00. The summed E-state index contributed by atoms with van der Waals surface area (Å²) in [4.78, 5) is 26.0. The van der Waals surface area contributed by atoms with E-state index in [1.807, 2.05) is 58.2 Å². The SMILES string of the molecule is Cc1ccc(S(=O)(=O)n2cc(-c3cnn(Cc4cccc(F)c4)c3)c3cc(-c4ccc(N5CCN(C(=O)OC(C)(C)C)CC5)cn4)cnc32)cc1. The number of fused-ring (bicyclic) bond motifs is 1. The first-order chi connectivity index (χ1) is 24.3. The third-order valence-electron chi connectivity index (χ3n) is 8.71. The molecular weight excluding hydrogens is 670 g/mol. The number of nitrogens with zero attached hydrogens (tertiary/aromatic N) is 7. The molecule has 7 rings (SSSR count). The zero-order valence-electron chi connectivity index (χ0n) is 28.8. The van der Waals surface area contributed by atoms with E-state index in [2.05, 4.69) is 15.0 Å². The van der Waals surface area contributed by atoms with Crippen LogP contribution in [-0.2, 0) is 21.3 Å². The third kappa shape index (κ3) is 7.20. The lowest BCUT2D eigenvalue weighted by Crippen LogP contribution is -2.50. The zero-order chi connectivity index (χ0) is 35.9. The Bertz CT molecular complexity index is 2320. The molecule has 4 aromatic heterocycles. The van der Waals surface area contributed by atoms with E-state index < -0.39 is 15.6 Å². The van der Waals surface area contributed by atoms with Crippen molar-refractivity contribution < 1.29 is 22.3 Å². The van der Waals surface area contributed by atoms with Crippen LogP contribution in [0.1, 0.15) is 31.9 Å². The molecular formula is C38H38FN7O4S. The van der Waals surface area contributed by atoms with Gasteiger partial charge < -0.3 is 14.5 Å². The lowest BCUT2D eigenvalue weighted by molar-refractivity contribution is 0.0240. The highest BCUT2D eigenvalue weighted by Gasteiger charge is 2.27. The Morgan fingerprint density at radius 3 is 2.33 bits per heavy atom. The second-order valence-electron chi connectivity index (χ2n) is 13.7.